The molecule has 0 aliphatic heterocycles. The van der Waals surface area contributed by atoms with E-state index in [0.29, 0.717) is 36.7 Å². The maximum absolute atomic E-state index is 12.6. The highest BCUT2D eigenvalue weighted by Gasteiger charge is 2.23. The second-order valence-electron chi connectivity index (χ2n) is 8.48. The first kappa shape index (κ1) is 25.7. The topological polar surface area (TPSA) is 90.7 Å². The zero-order valence-electron chi connectivity index (χ0n) is 21.0. The first-order valence-corrected chi connectivity index (χ1v) is 12.3. The Morgan fingerprint density at radius 2 is 1.62 bits per heavy atom. The van der Waals surface area contributed by atoms with E-state index in [-0.39, 0.29) is 12.5 Å². The van der Waals surface area contributed by atoms with E-state index in [4.69, 9.17) is 13.9 Å². The summed E-state index contributed by atoms with van der Waals surface area (Å²) < 4.78 is 16.9. The Morgan fingerprint density at radius 3 is 2.30 bits per heavy atom. The Hall–Kier alpha value is -4.39. The van der Waals surface area contributed by atoms with Crippen molar-refractivity contribution >= 4 is 11.9 Å². The SMILES string of the molecule is CCOC(=O)[C@H](Cc1ccc(OCCc2nc(-c3ccccc3)oc2C)cc1)NC(=O)c1ccccc1. The first-order valence-electron chi connectivity index (χ1n) is 12.3. The second-order valence-corrected chi connectivity index (χ2v) is 8.48. The van der Waals surface area contributed by atoms with Gasteiger partial charge in [0.2, 0.25) is 5.89 Å². The van der Waals surface area contributed by atoms with Crippen LogP contribution < -0.4 is 10.1 Å². The van der Waals surface area contributed by atoms with Gasteiger partial charge in [0.05, 0.1) is 18.9 Å². The summed E-state index contributed by atoms with van der Waals surface area (Å²) in [5.74, 6) is 1.30. The van der Waals surface area contributed by atoms with E-state index in [9.17, 15) is 9.59 Å². The number of hydrogen-bond acceptors (Lipinski definition) is 6. The number of ether oxygens (including phenoxy) is 2. The monoisotopic (exact) mass is 498 g/mol. The number of oxazole rings is 1. The van der Waals surface area contributed by atoms with Crippen molar-refractivity contribution in [3.8, 4) is 17.2 Å². The fourth-order valence-electron chi connectivity index (χ4n) is 3.85. The predicted molar refractivity (Wildman–Crippen MR) is 140 cm³/mol. The van der Waals surface area contributed by atoms with Gasteiger partial charge in [-0.2, -0.15) is 0 Å². The standard InChI is InChI=1S/C30H30N2O5/c1-3-35-30(34)27(31-28(33)23-10-6-4-7-11-23)20-22-14-16-25(17-15-22)36-19-18-26-21(2)37-29(32-26)24-12-8-5-9-13-24/h4-17,27H,3,18-20H2,1-2H3,(H,31,33)/t27-/m0/s1. The molecule has 0 unspecified atom stereocenters. The number of hydrogen-bond donors (Lipinski definition) is 1. The van der Waals surface area contributed by atoms with Crippen LogP contribution in [-0.2, 0) is 22.4 Å². The van der Waals surface area contributed by atoms with Crippen LogP contribution in [-0.4, -0.2) is 36.1 Å². The molecule has 4 aromatic rings. The molecular formula is C30H30N2O5. The van der Waals surface area contributed by atoms with E-state index >= 15 is 0 Å². The third-order valence-electron chi connectivity index (χ3n) is 5.80. The van der Waals surface area contributed by atoms with Crippen molar-refractivity contribution in [3.05, 3.63) is 108 Å². The van der Waals surface area contributed by atoms with Crippen molar-refractivity contribution in [2.24, 2.45) is 0 Å². The number of benzene rings is 3. The summed E-state index contributed by atoms with van der Waals surface area (Å²) in [5.41, 5.74) is 3.16. The minimum atomic E-state index is -0.798. The molecule has 0 fully saturated rings. The van der Waals surface area contributed by atoms with Gasteiger partial charge >= 0.3 is 5.97 Å². The highest BCUT2D eigenvalue weighted by molar-refractivity contribution is 5.96. The Balaban J connectivity index is 1.33. The lowest BCUT2D eigenvalue weighted by Gasteiger charge is -2.18. The van der Waals surface area contributed by atoms with Crippen LogP contribution in [0.5, 0.6) is 5.75 Å². The van der Waals surface area contributed by atoms with Crippen molar-refractivity contribution in [2.45, 2.75) is 32.7 Å². The van der Waals surface area contributed by atoms with E-state index in [1.54, 1.807) is 31.2 Å². The molecule has 0 aliphatic carbocycles. The van der Waals surface area contributed by atoms with E-state index in [0.717, 1.165) is 22.6 Å². The molecule has 1 heterocycles. The number of aryl methyl sites for hydroxylation is 1. The molecule has 7 heteroatoms. The van der Waals surface area contributed by atoms with Crippen LogP contribution in [0.3, 0.4) is 0 Å². The van der Waals surface area contributed by atoms with Crippen molar-refractivity contribution in [2.75, 3.05) is 13.2 Å². The van der Waals surface area contributed by atoms with Crippen LogP contribution in [0.15, 0.2) is 89.3 Å². The number of nitrogens with zero attached hydrogens (tertiary/aromatic N) is 1. The smallest absolute Gasteiger partial charge is 0.328 e. The normalized spacial score (nSPS) is 11.5. The number of rotatable bonds is 11. The number of carbonyl (C=O) groups is 2. The number of nitrogens with one attached hydrogen (secondary N) is 1. The van der Waals surface area contributed by atoms with Gasteiger partial charge < -0.3 is 19.2 Å². The predicted octanol–water partition coefficient (Wildman–Crippen LogP) is 5.18. The van der Waals surface area contributed by atoms with Crippen LogP contribution in [0.2, 0.25) is 0 Å². The summed E-state index contributed by atoms with van der Waals surface area (Å²) in [5, 5.41) is 2.79. The summed E-state index contributed by atoms with van der Waals surface area (Å²) in [6.07, 6.45) is 0.915. The third kappa shape index (κ3) is 7.07. The lowest BCUT2D eigenvalue weighted by molar-refractivity contribution is -0.145. The molecule has 0 saturated carbocycles. The van der Waals surface area contributed by atoms with Crippen molar-refractivity contribution in [1.29, 1.82) is 0 Å². The van der Waals surface area contributed by atoms with Gasteiger partial charge in [0.25, 0.3) is 5.91 Å². The summed E-state index contributed by atoms with van der Waals surface area (Å²) >= 11 is 0. The maximum atomic E-state index is 12.6. The van der Waals surface area contributed by atoms with E-state index in [2.05, 4.69) is 10.3 Å². The van der Waals surface area contributed by atoms with Crippen LogP contribution >= 0.6 is 0 Å². The van der Waals surface area contributed by atoms with Gasteiger partial charge in [-0.3, -0.25) is 4.79 Å². The van der Waals surface area contributed by atoms with Crippen molar-refractivity contribution in [1.82, 2.24) is 10.3 Å². The minimum absolute atomic E-state index is 0.237. The fraction of sp³-hybridized carbons (Fsp3) is 0.233. The minimum Gasteiger partial charge on any atom is -0.493 e. The molecule has 0 radical (unpaired) electrons. The summed E-state index contributed by atoms with van der Waals surface area (Å²) in [7, 11) is 0. The summed E-state index contributed by atoms with van der Waals surface area (Å²) in [6.45, 7) is 4.32. The average molecular weight is 499 g/mol. The molecular weight excluding hydrogens is 468 g/mol. The lowest BCUT2D eigenvalue weighted by Crippen LogP contribution is -2.43. The molecule has 1 amide bonds. The molecule has 1 atom stereocenters. The molecule has 0 aliphatic rings. The Labute approximate surface area is 216 Å². The summed E-state index contributed by atoms with van der Waals surface area (Å²) in [4.78, 5) is 29.7. The first-order chi connectivity index (χ1) is 18.0. The number of aromatic nitrogens is 1. The fourth-order valence-corrected chi connectivity index (χ4v) is 3.85. The zero-order chi connectivity index (χ0) is 26.0. The Bertz CT molecular complexity index is 1300. The molecule has 0 saturated heterocycles. The number of esters is 1. The van der Waals surface area contributed by atoms with E-state index in [1.807, 2.05) is 67.6 Å². The molecule has 4 rings (SSSR count). The second kappa shape index (κ2) is 12.5. The van der Waals surface area contributed by atoms with E-state index in [1.165, 1.54) is 0 Å². The highest BCUT2D eigenvalue weighted by Crippen LogP contribution is 2.22. The largest absolute Gasteiger partial charge is 0.493 e. The quantitative estimate of drug-likeness (QED) is 0.287. The average Bonchev–Trinajstić information content (AvgIpc) is 3.30. The lowest BCUT2D eigenvalue weighted by atomic mass is 10.0. The van der Waals surface area contributed by atoms with Crippen LogP contribution in [0, 0.1) is 6.92 Å². The van der Waals surface area contributed by atoms with Gasteiger partial charge in [0.15, 0.2) is 0 Å². The van der Waals surface area contributed by atoms with Gasteiger partial charge in [0.1, 0.15) is 17.6 Å². The van der Waals surface area contributed by atoms with Crippen LogP contribution in [0.25, 0.3) is 11.5 Å². The van der Waals surface area contributed by atoms with Gasteiger partial charge in [-0.25, -0.2) is 9.78 Å². The highest BCUT2D eigenvalue weighted by atomic mass is 16.5. The molecule has 0 bridgehead atoms. The molecule has 1 aromatic heterocycles. The van der Waals surface area contributed by atoms with Crippen LogP contribution in [0.1, 0.15) is 34.3 Å². The molecule has 7 nitrogen and oxygen atoms in total. The number of amides is 1. The van der Waals surface area contributed by atoms with Crippen molar-refractivity contribution < 1.29 is 23.5 Å². The molecule has 190 valence electrons. The van der Waals surface area contributed by atoms with Gasteiger partial charge in [0, 0.05) is 24.0 Å². The third-order valence-corrected chi connectivity index (χ3v) is 5.80. The Morgan fingerprint density at radius 1 is 0.946 bits per heavy atom. The van der Waals surface area contributed by atoms with Crippen LogP contribution in [0.4, 0.5) is 0 Å². The summed E-state index contributed by atoms with van der Waals surface area (Å²) in [6, 6.07) is 25.2. The maximum Gasteiger partial charge on any atom is 0.328 e. The Kier molecular flexibility index (Phi) is 8.70. The van der Waals surface area contributed by atoms with Gasteiger partial charge in [-0.05, 0) is 55.8 Å². The molecule has 0 spiro atoms. The van der Waals surface area contributed by atoms with Gasteiger partial charge in [-0.1, -0.05) is 48.5 Å². The molecule has 3 aromatic carbocycles. The molecule has 1 N–H and O–H groups in total. The van der Waals surface area contributed by atoms with E-state index < -0.39 is 12.0 Å². The zero-order valence-corrected chi connectivity index (χ0v) is 21.0. The van der Waals surface area contributed by atoms with Crippen molar-refractivity contribution in [3.63, 3.8) is 0 Å². The molecule has 37 heavy (non-hydrogen) atoms. The van der Waals surface area contributed by atoms with Gasteiger partial charge in [-0.15, -0.1) is 0 Å². The number of carbonyl (C=O) groups excluding carboxylic acids is 2.